The highest BCUT2D eigenvalue weighted by Crippen LogP contribution is 2.35. The molecule has 0 spiro atoms. The third kappa shape index (κ3) is 3.81. The first kappa shape index (κ1) is 15.9. The summed E-state index contributed by atoms with van der Waals surface area (Å²) in [6.45, 7) is 2.89. The van der Waals surface area contributed by atoms with E-state index in [0.29, 0.717) is 0 Å². The number of hydrogen-bond donors (Lipinski definition) is 1. The van der Waals surface area contributed by atoms with Crippen LogP contribution >= 0.6 is 27.3 Å². The number of benzene rings is 1. The molecule has 110 valence electrons. The summed E-state index contributed by atoms with van der Waals surface area (Å²) in [5, 5.41) is 6.54. The Labute approximate surface area is 132 Å². The molecule has 1 unspecified atom stereocenters. The first-order valence-corrected chi connectivity index (χ1v) is 10.2. The molecule has 0 saturated carbocycles. The molecule has 0 radical (unpaired) electrons. The first-order valence-electron chi connectivity index (χ1n) is 6.49. The lowest BCUT2D eigenvalue weighted by Gasteiger charge is -2.17. The maximum atomic E-state index is 11.7. The van der Waals surface area contributed by atoms with Crippen LogP contribution in [-0.2, 0) is 9.84 Å². The minimum absolute atomic E-state index is 0.130. The highest BCUT2D eigenvalue weighted by Gasteiger charge is 2.20. The number of sulfone groups is 1. The van der Waals surface area contributed by atoms with Gasteiger partial charge in [0.15, 0.2) is 0 Å². The number of rotatable bonds is 6. The fourth-order valence-electron chi connectivity index (χ4n) is 2.19. The summed E-state index contributed by atoms with van der Waals surface area (Å²) in [6, 6.07) is 5.90. The quantitative estimate of drug-likeness (QED) is 0.835. The molecule has 0 aliphatic carbocycles. The maximum Gasteiger partial charge on any atom is 0.149 e. The Morgan fingerprint density at radius 3 is 2.80 bits per heavy atom. The van der Waals surface area contributed by atoms with Gasteiger partial charge in [-0.15, -0.1) is 11.3 Å². The number of halogens is 1. The van der Waals surface area contributed by atoms with Crippen LogP contribution in [0.4, 0.5) is 0 Å². The van der Waals surface area contributed by atoms with Gasteiger partial charge >= 0.3 is 0 Å². The van der Waals surface area contributed by atoms with Crippen molar-refractivity contribution in [2.45, 2.75) is 19.4 Å². The minimum Gasteiger partial charge on any atom is -0.309 e. The van der Waals surface area contributed by atoms with Gasteiger partial charge in [0, 0.05) is 21.5 Å². The van der Waals surface area contributed by atoms with Crippen LogP contribution in [0.2, 0.25) is 0 Å². The predicted octanol–water partition coefficient (Wildman–Crippen LogP) is 3.75. The van der Waals surface area contributed by atoms with E-state index in [9.17, 15) is 8.42 Å². The van der Waals surface area contributed by atoms with E-state index in [2.05, 4.69) is 39.6 Å². The Morgan fingerprint density at radius 1 is 1.40 bits per heavy atom. The smallest absolute Gasteiger partial charge is 0.149 e. The van der Waals surface area contributed by atoms with Crippen molar-refractivity contribution in [2.24, 2.45) is 0 Å². The second-order valence-electron chi connectivity index (χ2n) is 4.91. The molecule has 0 bridgehead atoms. The van der Waals surface area contributed by atoms with E-state index in [1.54, 1.807) is 11.3 Å². The van der Waals surface area contributed by atoms with Gasteiger partial charge in [0.05, 0.1) is 5.75 Å². The van der Waals surface area contributed by atoms with E-state index < -0.39 is 9.84 Å². The molecule has 1 aromatic carbocycles. The highest BCUT2D eigenvalue weighted by molar-refractivity contribution is 9.10. The van der Waals surface area contributed by atoms with Gasteiger partial charge in [-0.2, -0.15) is 0 Å². The summed E-state index contributed by atoms with van der Waals surface area (Å²) in [6.07, 6.45) is 2.27. The zero-order valence-corrected chi connectivity index (χ0v) is 14.7. The van der Waals surface area contributed by atoms with Crippen LogP contribution in [0.25, 0.3) is 10.1 Å². The Bertz CT molecular complexity index is 694. The van der Waals surface area contributed by atoms with Gasteiger partial charge in [0.25, 0.3) is 0 Å². The topological polar surface area (TPSA) is 46.2 Å². The monoisotopic (exact) mass is 375 g/mol. The van der Waals surface area contributed by atoms with Gasteiger partial charge in [0.1, 0.15) is 9.84 Å². The molecule has 1 atom stereocenters. The van der Waals surface area contributed by atoms with Crippen LogP contribution < -0.4 is 5.32 Å². The van der Waals surface area contributed by atoms with Crippen molar-refractivity contribution in [1.82, 2.24) is 5.32 Å². The summed E-state index contributed by atoms with van der Waals surface area (Å²) in [5.41, 5.74) is 1.07. The van der Waals surface area contributed by atoms with Gasteiger partial charge in [-0.3, -0.25) is 0 Å². The average molecular weight is 376 g/mol. The SMILES string of the molecule is CCCNC(CS(C)(=O)=O)c1csc2c(Br)cccc12. The third-order valence-electron chi connectivity index (χ3n) is 3.07. The van der Waals surface area contributed by atoms with E-state index in [-0.39, 0.29) is 11.8 Å². The maximum absolute atomic E-state index is 11.7. The molecular formula is C14H18BrNO2S2. The normalized spacial score (nSPS) is 13.8. The molecule has 1 N–H and O–H groups in total. The molecule has 1 aromatic heterocycles. The molecule has 20 heavy (non-hydrogen) atoms. The molecule has 1 heterocycles. The van der Waals surface area contributed by atoms with Crippen molar-refractivity contribution < 1.29 is 8.42 Å². The Kier molecular flexibility index (Phi) is 5.23. The van der Waals surface area contributed by atoms with Crippen molar-refractivity contribution in [3.8, 4) is 0 Å². The van der Waals surface area contributed by atoms with Crippen molar-refractivity contribution in [3.63, 3.8) is 0 Å². The molecule has 3 nitrogen and oxygen atoms in total. The molecule has 2 rings (SSSR count). The van der Waals surface area contributed by atoms with Crippen LogP contribution in [0.1, 0.15) is 24.9 Å². The minimum atomic E-state index is -3.03. The van der Waals surface area contributed by atoms with Gasteiger partial charge in [-0.05, 0) is 51.3 Å². The fourth-order valence-corrected chi connectivity index (χ4v) is 4.77. The molecule has 6 heteroatoms. The number of hydrogen-bond acceptors (Lipinski definition) is 4. The van der Waals surface area contributed by atoms with Gasteiger partial charge in [-0.1, -0.05) is 19.1 Å². The Hall–Kier alpha value is -0.430. The lowest BCUT2D eigenvalue weighted by atomic mass is 10.1. The Balaban J connectivity index is 2.42. The van der Waals surface area contributed by atoms with Crippen LogP contribution in [0.15, 0.2) is 28.1 Å². The molecule has 0 amide bonds. The van der Waals surface area contributed by atoms with Crippen LogP contribution in [0.5, 0.6) is 0 Å². The summed E-state index contributed by atoms with van der Waals surface area (Å²) < 4.78 is 25.5. The number of thiophene rings is 1. The molecular weight excluding hydrogens is 358 g/mol. The summed E-state index contributed by atoms with van der Waals surface area (Å²) in [5.74, 6) is 0.130. The van der Waals surface area contributed by atoms with E-state index in [4.69, 9.17) is 0 Å². The van der Waals surface area contributed by atoms with Gasteiger partial charge in [-0.25, -0.2) is 8.42 Å². The standard InChI is InChI=1S/C14H18BrNO2S2/c1-3-7-16-13(9-20(2,17)18)11-8-19-14-10(11)5-4-6-12(14)15/h4-6,8,13,16H,3,7,9H2,1-2H3. The molecule has 0 fully saturated rings. The number of nitrogens with one attached hydrogen (secondary N) is 1. The van der Waals surface area contributed by atoms with Gasteiger partial charge < -0.3 is 5.32 Å². The third-order valence-corrected chi connectivity index (χ3v) is 5.98. The summed E-state index contributed by atoms with van der Waals surface area (Å²) >= 11 is 5.19. The molecule has 0 aliphatic rings. The second kappa shape index (κ2) is 6.56. The molecule has 0 saturated heterocycles. The highest BCUT2D eigenvalue weighted by atomic mass is 79.9. The van der Waals surface area contributed by atoms with Crippen molar-refractivity contribution in [2.75, 3.05) is 18.6 Å². The van der Waals surface area contributed by atoms with E-state index >= 15 is 0 Å². The summed E-state index contributed by atoms with van der Waals surface area (Å²) in [4.78, 5) is 0. The van der Waals surface area contributed by atoms with Crippen LogP contribution in [0.3, 0.4) is 0 Å². The van der Waals surface area contributed by atoms with Crippen LogP contribution in [0, 0.1) is 0 Å². The van der Waals surface area contributed by atoms with Crippen molar-refractivity contribution in [1.29, 1.82) is 0 Å². The lowest BCUT2D eigenvalue weighted by Crippen LogP contribution is -2.28. The second-order valence-corrected chi connectivity index (χ2v) is 8.83. The average Bonchev–Trinajstić information content (AvgIpc) is 2.78. The van der Waals surface area contributed by atoms with Crippen molar-refractivity contribution in [3.05, 3.63) is 33.6 Å². The molecule has 2 aromatic rings. The van der Waals surface area contributed by atoms with E-state index in [1.807, 2.05) is 12.1 Å². The predicted molar refractivity (Wildman–Crippen MR) is 90.3 cm³/mol. The fraction of sp³-hybridized carbons (Fsp3) is 0.429. The van der Waals surface area contributed by atoms with Crippen molar-refractivity contribution >= 4 is 47.2 Å². The van der Waals surface area contributed by atoms with Crippen LogP contribution in [-0.4, -0.2) is 27.0 Å². The zero-order chi connectivity index (χ0) is 14.8. The zero-order valence-electron chi connectivity index (χ0n) is 11.5. The first-order chi connectivity index (χ1) is 9.42. The molecule has 0 aliphatic heterocycles. The van der Waals surface area contributed by atoms with E-state index in [1.165, 1.54) is 11.0 Å². The van der Waals surface area contributed by atoms with E-state index in [0.717, 1.165) is 28.4 Å². The summed E-state index contributed by atoms with van der Waals surface area (Å²) in [7, 11) is -3.03. The van der Waals surface area contributed by atoms with Gasteiger partial charge in [0.2, 0.25) is 0 Å². The lowest BCUT2D eigenvalue weighted by molar-refractivity contribution is 0.552. The Morgan fingerprint density at radius 2 is 2.15 bits per heavy atom. The largest absolute Gasteiger partial charge is 0.309 e. The number of fused-ring (bicyclic) bond motifs is 1.